The number of anilines is 1. The summed E-state index contributed by atoms with van der Waals surface area (Å²) in [5.74, 6) is 1.16. The number of likely N-dealkylation sites (tertiary alicyclic amines) is 1. The van der Waals surface area contributed by atoms with E-state index in [1.807, 2.05) is 11.0 Å². The summed E-state index contributed by atoms with van der Waals surface area (Å²) in [4.78, 5) is 32.2. The Balaban J connectivity index is 0.00000171. The van der Waals surface area contributed by atoms with E-state index in [0.29, 0.717) is 24.8 Å². The van der Waals surface area contributed by atoms with Crippen LogP contribution >= 0.6 is 24.8 Å². The number of amides is 2. The highest BCUT2D eigenvalue weighted by molar-refractivity contribution is 5.96. The maximum Gasteiger partial charge on any atom is 0.246 e. The van der Waals surface area contributed by atoms with Gasteiger partial charge in [0.15, 0.2) is 0 Å². The molecule has 3 aliphatic rings. The molecule has 0 bridgehead atoms. The molecule has 174 valence electrons. The molecular formula is C22H35Cl2N5O2. The maximum absolute atomic E-state index is 13.2. The van der Waals surface area contributed by atoms with Crippen LogP contribution in [0.15, 0.2) is 18.3 Å². The summed E-state index contributed by atoms with van der Waals surface area (Å²) >= 11 is 0. The second kappa shape index (κ2) is 10.8. The molecule has 31 heavy (non-hydrogen) atoms. The third-order valence-electron chi connectivity index (χ3n) is 7.08. The molecule has 4 rings (SSSR count). The van der Waals surface area contributed by atoms with Crippen molar-refractivity contribution in [3.05, 3.63) is 23.9 Å². The third kappa shape index (κ3) is 5.44. The first-order chi connectivity index (χ1) is 14.0. The molecule has 2 saturated carbocycles. The van der Waals surface area contributed by atoms with Gasteiger partial charge in [0.05, 0.1) is 6.04 Å². The molecule has 0 radical (unpaired) electrons. The van der Waals surface area contributed by atoms with E-state index in [2.05, 4.69) is 10.3 Å². The predicted octanol–water partition coefficient (Wildman–Crippen LogP) is 2.80. The largest absolute Gasteiger partial charge is 0.384 e. The fourth-order valence-corrected chi connectivity index (χ4v) is 5.35. The molecule has 0 spiro atoms. The number of aromatic nitrogens is 1. The number of fused-ring (bicyclic) bond motifs is 1. The maximum atomic E-state index is 13.2. The van der Waals surface area contributed by atoms with Crippen molar-refractivity contribution in [1.82, 2.24) is 15.2 Å². The number of hydrogen-bond donors (Lipinski definition) is 3. The fourth-order valence-electron chi connectivity index (χ4n) is 5.35. The predicted molar refractivity (Wildman–Crippen MR) is 126 cm³/mol. The zero-order valence-electron chi connectivity index (χ0n) is 17.9. The Labute approximate surface area is 196 Å². The summed E-state index contributed by atoms with van der Waals surface area (Å²) in [6.07, 6.45) is 11.2. The smallest absolute Gasteiger partial charge is 0.246 e. The van der Waals surface area contributed by atoms with Crippen LogP contribution in [0.3, 0.4) is 0 Å². The average Bonchev–Trinajstić information content (AvgIpc) is 3.49. The van der Waals surface area contributed by atoms with Gasteiger partial charge < -0.3 is 21.7 Å². The van der Waals surface area contributed by atoms with E-state index in [0.717, 1.165) is 31.2 Å². The first kappa shape index (κ1) is 25.7. The van der Waals surface area contributed by atoms with Crippen LogP contribution in [0.2, 0.25) is 0 Å². The van der Waals surface area contributed by atoms with Crippen molar-refractivity contribution in [2.75, 3.05) is 12.3 Å². The SMILES string of the molecule is Cl.Cl.Nc1ccc(CNC(=O)[C@]23C[C@H]2CCCN3C(=O)[C@H](N)CC2CCCCC2)cn1. The molecule has 9 heteroatoms. The average molecular weight is 472 g/mol. The first-order valence-corrected chi connectivity index (χ1v) is 11.1. The molecule has 3 fully saturated rings. The number of nitrogen functional groups attached to an aromatic ring is 1. The number of nitrogens with zero attached hydrogens (tertiary/aromatic N) is 2. The monoisotopic (exact) mass is 471 g/mol. The number of pyridine rings is 1. The summed E-state index contributed by atoms with van der Waals surface area (Å²) in [6.45, 7) is 1.02. The molecule has 7 nitrogen and oxygen atoms in total. The van der Waals surface area contributed by atoms with E-state index in [1.165, 1.54) is 32.1 Å². The topological polar surface area (TPSA) is 114 Å². The molecule has 1 aromatic rings. The second-order valence-electron chi connectivity index (χ2n) is 9.08. The summed E-state index contributed by atoms with van der Waals surface area (Å²) in [5, 5.41) is 3.02. The highest BCUT2D eigenvalue weighted by Crippen LogP contribution is 2.54. The number of nitrogens with one attached hydrogen (secondary N) is 1. The summed E-state index contributed by atoms with van der Waals surface area (Å²) in [6, 6.07) is 3.08. The summed E-state index contributed by atoms with van der Waals surface area (Å²) in [5.41, 5.74) is 12.2. The lowest BCUT2D eigenvalue weighted by Crippen LogP contribution is -2.58. The minimum absolute atomic E-state index is 0. The van der Waals surface area contributed by atoms with Crippen LogP contribution in [0.4, 0.5) is 5.82 Å². The van der Waals surface area contributed by atoms with Crippen LogP contribution in [-0.2, 0) is 16.1 Å². The van der Waals surface area contributed by atoms with E-state index in [9.17, 15) is 9.59 Å². The van der Waals surface area contributed by atoms with Crippen molar-refractivity contribution in [2.24, 2.45) is 17.6 Å². The quantitative estimate of drug-likeness (QED) is 0.589. The highest BCUT2D eigenvalue weighted by atomic mass is 35.5. The van der Waals surface area contributed by atoms with Crippen molar-refractivity contribution in [3.8, 4) is 0 Å². The Hall–Kier alpha value is -1.57. The number of carbonyl (C=O) groups excluding carboxylic acids is 2. The van der Waals surface area contributed by atoms with Crippen LogP contribution < -0.4 is 16.8 Å². The third-order valence-corrected chi connectivity index (χ3v) is 7.08. The van der Waals surface area contributed by atoms with E-state index < -0.39 is 11.6 Å². The standard InChI is InChI=1S/C22H33N5O2.2ClH/c23-18(11-15-5-2-1-3-6-15)20(28)27-10-4-7-17-12-22(17,27)21(29)26-14-16-8-9-19(24)25-13-16;;/h8-9,13,15,17-18H,1-7,10-12,14,23H2,(H2,24,25)(H,26,29);2*1H/t17-,18-,22+;;/m1../s1. The van der Waals surface area contributed by atoms with Crippen molar-refractivity contribution in [3.63, 3.8) is 0 Å². The van der Waals surface area contributed by atoms with Gasteiger partial charge in [0.2, 0.25) is 11.8 Å². The molecule has 0 aromatic carbocycles. The number of nitrogens with two attached hydrogens (primary N) is 2. The van der Waals surface area contributed by atoms with Gasteiger partial charge >= 0.3 is 0 Å². The molecule has 2 amide bonds. The molecule has 3 atom stereocenters. The number of rotatable bonds is 6. The zero-order valence-corrected chi connectivity index (χ0v) is 19.6. The van der Waals surface area contributed by atoms with E-state index >= 15 is 0 Å². The number of piperidine rings is 1. The van der Waals surface area contributed by atoms with Crippen molar-refractivity contribution in [1.29, 1.82) is 0 Å². The van der Waals surface area contributed by atoms with E-state index in [-0.39, 0.29) is 42.5 Å². The van der Waals surface area contributed by atoms with Gasteiger partial charge in [-0.25, -0.2) is 4.98 Å². The van der Waals surface area contributed by atoms with Gasteiger partial charge in [0.1, 0.15) is 11.4 Å². The van der Waals surface area contributed by atoms with Crippen LogP contribution in [0.5, 0.6) is 0 Å². The van der Waals surface area contributed by atoms with Crippen molar-refractivity contribution >= 4 is 42.4 Å². The van der Waals surface area contributed by atoms with Gasteiger partial charge in [-0.2, -0.15) is 0 Å². The first-order valence-electron chi connectivity index (χ1n) is 11.1. The molecular weight excluding hydrogens is 437 g/mol. The van der Waals surface area contributed by atoms with Crippen LogP contribution in [0.1, 0.15) is 63.4 Å². The Morgan fingerprint density at radius 3 is 2.58 bits per heavy atom. The number of hydrogen-bond acceptors (Lipinski definition) is 5. The lowest BCUT2D eigenvalue weighted by Gasteiger charge is -2.37. The fraction of sp³-hybridized carbons (Fsp3) is 0.682. The highest BCUT2D eigenvalue weighted by Gasteiger charge is 2.66. The second-order valence-corrected chi connectivity index (χ2v) is 9.08. The van der Waals surface area contributed by atoms with Gasteiger partial charge in [0, 0.05) is 19.3 Å². The number of halogens is 2. The lowest BCUT2D eigenvalue weighted by molar-refractivity contribution is -0.145. The van der Waals surface area contributed by atoms with Gasteiger partial charge in [0.25, 0.3) is 0 Å². The molecule has 1 aromatic heterocycles. The van der Waals surface area contributed by atoms with Crippen LogP contribution in [0, 0.1) is 11.8 Å². The van der Waals surface area contributed by atoms with Crippen molar-refractivity contribution in [2.45, 2.75) is 75.9 Å². The lowest BCUT2D eigenvalue weighted by atomic mass is 9.84. The molecule has 1 aliphatic heterocycles. The van der Waals surface area contributed by atoms with Gasteiger partial charge in [-0.15, -0.1) is 24.8 Å². The van der Waals surface area contributed by atoms with Gasteiger partial charge in [-0.05, 0) is 49.1 Å². The van der Waals surface area contributed by atoms with Gasteiger partial charge in [-0.3, -0.25) is 9.59 Å². The van der Waals surface area contributed by atoms with Gasteiger partial charge in [-0.1, -0.05) is 38.2 Å². The molecule has 5 N–H and O–H groups in total. The van der Waals surface area contributed by atoms with E-state index in [4.69, 9.17) is 11.5 Å². The Bertz CT molecular complexity index is 757. The Morgan fingerprint density at radius 2 is 1.90 bits per heavy atom. The summed E-state index contributed by atoms with van der Waals surface area (Å²) < 4.78 is 0. The normalized spacial score (nSPS) is 26.0. The van der Waals surface area contributed by atoms with Crippen LogP contribution in [-0.4, -0.2) is 39.8 Å². The zero-order chi connectivity index (χ0) is 20.4. The summed E-state index contributed by atoms with van der Waals surface area (Å²) in [7, 11) is 0. The minimum atomic E-state index is -0.694. The van der Waals surface area contributed by atoms with Crippen molar-refractivity contribution < 1.29 is 9.59 Å². The van der Waals surface area contributed by atoms with Crippen LogP contribution in [0.25, 0.3) is 0 Å². The molecule has 1 saturated heterocycles. The Kier molecular flexibility index (Phi) is 8.98. The molecule has 2 heterocycles. The molecule has 0 unspecified atom stereocenters. The minimum Gasteiger partial charge on any atom is -0.384 e. The number of carbonyl (C=O) groups is 2. The molecule has 2 aliphatic carbocycles. The Morgan fingerprint density at radius 1 is 1.16 bits per heavy atom. The van der Waals surface area contributed by atoms with E-state index in [1.54, 1.807) is 12.3 Å².